The van der Waals surface area contributed by atoms with Crippen molar-refractivity contribution >= 4 is 46.8 Å². The van der Waals surface area contributed by atoms with Crippen LogP contribution < -0.4 is 4.74 Å². The van der Waals surface area contributed by atoms with Crippen LogP contribution in [0.1, 0.15) is 24.3 Å². The fourth-order valence-electron chi connectivity index (χ4n) is 6.16. The normalized spacial score (nSPS) is 37.7. The predicted molar refractivity (Wildman–Crippen MR) is 118 cm³/mol. The number of nitrogens with zero attached hydrogens (tertiary/aromatic N) is 2. The van der Waals surface area contributed by atoms with Gasteiger partial charge in [-0.1, -0.05) is 17.7 Å². The van der Waals surface area contributed by atoms with E-state index >= 15 is 0 Å². The second kappa shape index (κ2) is 6.96. The van der Waals surface area contributed by atoms with Crippen LogP contribution in [0.5, 0.6) is 11.5 Å². The Morgan fingerprint density at radius 1 is 1.03 bits per heavy atom. The molecule has 0 bridgehead atoms. The maximum atomic E-state index is 13.4. The molecule has 1 aromatic carbocycles. The lowest BCUT2D eigenvalue weighted by Crippen LogP contribution is -2.60. The molecule has 0 radical (unpaired) electrons. The number of allylic oxidation sites excluding steroid dienone is 2. The lowest BCUT2D eigenvalue weighted by Gasteiger charge is -2.50. The summed E-state index contributed by atoms with van der Waals surface area (Å²) in [6.45, 7) is 0. The Kier molecular flexibility index (Phi) is 4.69. The lowest BCUT2D eigenvalue weighted by molar-refractivity contribution is -0.140. The lowest BCUT2D eigenvalue weighted by atomic mass is 9.56. The smallest absolute Gasteiger partial charge is 0.253 e. The van der Waals surface area contributed by atoms with Gasteiger partial charge in [0.25, 0.3) is 11.8 Å². The average molecular weight is 493 g/mol. The number of aromatic hydroxyl groups is 1. The van der Waals surface area contributed by atoms with Crippen molar-refractivity contribution in [3.63, 3.8) is 0 Å². The van der Waals surface area contributed by atoms with Gasteiger partial charge in [0.05, 0.1) is 18.9 Å². The number of rotatable bonds is 2. The largest absolute Gasteiger partial charge is 0.504 e. The summed E-state index contributed by atoms with van der Waals surface area (Å²) in [7, 11) is 4.19. The fraction of sp³-hybridized carbons (Fsp3) is 0.478. The van der Waals surface area contributed by atoms with E-state index in [-0.39, 0.29) is 29.7 Å². The molecule has 174 valence electrons. The summed E-state index contributed by atoms with van der Waals surface area (Å²) in [4.78, 5) is 50.7. The summed E-state index contributed by atoms with van der Waals surface area (Å²) in [5, 5.41) is 10.5. The van der Waals surface area contributed by atoms with Gasteiger partial charge < -0.3 is 9.84 Å². The molecular weight excluding hydrogens is 471 g/mol. The molecule has 4 aliphatic rings. The molecule has 1 saturated carbocycles. The van der Waals surface area contributed by atoms with Gasteiger partial charge >= 0.3 is 0 Å². The molecule has 1 aromatic rings. The number of amides is 4. The topological polar surface area (TPSA) is 104 Å². The van der Waals surface area contributed by atoms with Gasteiger partial charge in [-0.2, -0.15) is 0 Å². The van der Waals surface area contributed by atoms with Crippen molar-refractivity contribution in [3.05, 3.63) is 35.4 Å². The summed E-state index contributed by atoms with van der Waals surface area (Å²) in [5.41, 5.74) is 1.14. The summed E-state index contributed by atoms with van der Waals surface area (Å²) >= 11 is 14.0. The second-order valence-electron chi connectivity index (χ2n) is 9.16. The highest BCUT2D eigenvalue weighted by Gasteiger charge is 2.75. The number of phenolic OH excluding ortho intramolecular Hbond substituents is 1. The molecule has 0 spiro atoms. The first kappa shape index (κ1) is 22.2. The molecule has 10 heteroatoms. The number of phenols is 1. The van der Waals surface area contributed by atoms with Gasteiger partial charge in [-0.3, -0.25) is 29.0 Å². The van der Waals surface area contributed by atoms with Gasteiger partial charge in [-0.15, -0.1) is 23.2 Å². The molecule has 2 saturated heterocycles. The van der Waals surface area contributed by atoms with Gasteiger partial charge in [-0.25, -0.2) is 0 Å². The summed E-state index contributed by atoms with van der Waals surface area (Å²) in [6, 6.07) is 4.63. The Balaban J connectivity index is 1.75. The van der Waals surface area contributed by atoms with Gasteiger partial charge in [0.15, 0.2) is 21.2 Å². The third kappa shape index (κ3) is 2.53. The van der Waals surface area contributed by atoms with Crippen LogP contribution in [0.25, 0.3) is 0 Å². The van der Waals surface area contributed by atoms with E-state index in [2.05, 4.69) is 0 Å². The van der Waals surface area contributed by atoms with Crippen LogP contribution in [-0.2, 0) is 19.2 Å². The van der Waals surface area contributed by atoms with Crippen LogP contribution in [-0.4, -0.2) is 69.5 Å². The Bertz CT molecular complexity index is 1170. The molecular formula is C23H22Cl2N2O6. The molecule has 5 rings (SSSR count). The fourth-order valence-corrected chi connectivity index (χ4v) is 7.18. The van der Waals surface area contributed by atoms with Gasteiger partial charge in [0.1, 0.15) is 0 Å². The number of carbonyl (C=O) groups excluding carboxylic acids is 4. The number of likely N-dealkylation sites (tertiary alicyclic amines) is 2. The van der Waals surface area contributed by atoms with E-state index in [0.717, 1.165) is 9.80 Å². The average Bonchev–Trinajstić information content (AvgIpc) is 3.08. The van der Waals surface area contributed by atoms with Gasteiger partial charge in [0.2, 0.25) is 11.8 Å². The highest BCUT2D eigenvalue weighted by atomic mass is 35.5. The molecule has 0 aromatic heterocycles. The van der Waals surface area contributed by atoms with E-state index in [9.17, 15) is 24.3 Å². The number of fused-ring (bicyclic) bond motifs is 4. The predicted octanol–water partition coefficient (Wildman–Crippen LogP) is 2.02. The molecule has 33 heavy (non-hydrogen) atoms. The van der Waals surface area contributed by atoms with Crippen molar-refractivity contribution < 1.29 is 29.0 Å². The maximum absolute atomic E-state index is 13.4. The van der Waals surface area contributed by atoms with Crippen molar-refractivity contribution in [3.8, 4) is 11.5 Å². The molecule has 3 fully saturated rings. The Hall–Kier alpha value is -2.58. The number of ether oxygens (including phenoxy) is 1. The Morgan fingerprint density at radius 2 is 1.73 bits per heavy atom. The summed E-state index contributed by atoms with van der Waals surface area (Å²) in [6.07, 6.45) is 2.11. The minimum atomic E-state index is -1.87. The van der Waals surface area contributed by atoms with E-state index in [1.807, 2.05) is 6.08 Å². The van der Waals surface area contributed by atoms with Crippen molar-refractivity contribution in [2.75, 3.05) is 21.2 Å². The van der Waals surface area contributed by atoms with Crippen molar-refractivity contribution in [1.29, 1.82) is 0 Å². The molecule has 2 heterocycles. The highest BCUT2D eigenvalue weighted by molar-refractivity contribution is 6.53. The maximum Gasteiger partial charge on any atom is 0.253 e. The minimum absolute atomic E-state index is 0.0501. The van der Waals surface area contributed by atoms with Crippen LogP contribution in [0, 0.1) is 17.8 Å². The monoisotopic (exact) mass is 492 g/mol. The van der Waals surface area contributed by atoms with E-state index in [0.29, 0.717) is 17.6 Å². The van der Waals surface area contributed by atoms with Gasteiger partial charge in [-0.05, 0) is 36.5 Å². The first-order valence-corrected chi connectivity index (χ1v) is 11.3. The standard InChI is InChI=1S/C23H22Cl2N2O6/c1-26-18(29)12-6-5-11-13(16(12)19(26)30)9-22(24)20(31)27(2)21(32)23(22,25)17(11)10-4-7-15(33-3)14(28)8-10/h4-5,7-8,12-13,16-17,28H,6,9H2,1-3H3. The summed E-state index contributed by atoms with van der Waals surface area (Å²) < 4.78 is 5.13. The number of benzene rings is 1. The molecule has 2 aliphatic carbocycles. The molecule has 8 nitrogen and oxygen atoms in total. The quantitative estimate of drug-likeness (QED) is 0.384. The summed E-state index contributed by atoms with van der Waals surface area (Å²) in [5.74, 6) is -4.51. The SMILES string of the molecule is COc1ccc(C2C3=CCC4C(=O)N(C)C(=O)C4C3CC3(Cl)C(=O)N(C)C(=O)C23Cl)cc1O. The number of imide groups is 2. The van der Waals surface area contributed by atoms with Crippen LogP contribution in [0.15, 0.2) is 29.8 Å². The Labute approximate surface area is 200 Å². The van der Waals surface area contributed by atoms with Crippen molar-refractivity contribution in [2.24, 2.45) is 17.8 Å². The molecule has 6 atom stereocenters. The molecule has 2 aliphatic heterocycles. The zero-order chi connectivity index (χ0) is 24.0. The number of hydrogen-bond donors (Lipinski definition) is 1. The number of halogens is 2. The first-order valence-electron chi connectivity index (χ1n) is 10.6. The first-order chi connectivity index (χ1) is 15.5. The van der Waals surface area contributed by atoms with E-state index in [1.54, 1.807) is 12.1 Å². The minimum Gasteiger partial charge on any atom is -0.504 e. The number of hydrogen-bond acceptors (Lipinski definition) is 6. The van der Waals surface area contributed by atoms with Crippen LogP contribution in [0.3, 0.4) is 0 Å². The zero-order valence-corrected chi connectivity index (χ0v) is 19.7. The van der Waals surface area contributed by atoms with Crippen LogP contribution >= 0.6 is 23.2 Å². The zero-order valence-electron chi connectivity index (χ0n) is 18.2. The van der Waals surface area contributed by atoms with Crippen LogP contribution in [0.4, 0.5) is 0 Å². The highest BCUT2D eigenvalue weighted by Crippen LogP contribution is 2.65. The molecule has 6 unspecified atom stereocenters. The number of carbonyl (C=O) groups is 4. The second-order valence-corrected chi connectivity index (χ2v) is 10.4. The van der Waals surface area contributed by atoms with Crippen molar-refractivity contribution in [1.82, 2.24) is 9.80 Å². The Morgan fingerprint density at radius 3 is 2.36 bits per heavy atom. The number of methoxy groups -OCH3 is 1. The van der Waals surface area contributed by atoms with E-state index in [1.165, 1.54) is 27.3 Å². The van der Waals surface area contributed by atoms with Crippen molar-refractivity contribution in [2.45, 2.75) is 28.5 Å². The molecule has 4 amide bonds. The van der Waals surface area contributed by atoms with E-state index < -0.39 is 45.2 Å². The van der Waals surface area contributed by atoms with E-state index in [4.69, 9.17) is 27.9 Å². The van der Waals surface area contributed by atoms with Gasteiger partial charge in [0, 0.05) is 20.0 Å². The third-order valence-electron chi connectivity index (χ3n) is 7.77. The third-order valence-corrected chi connectivity index (χ3v) is 9.18. The number of alkyl halides is 2. The molecule has 1 N–H and O–H groups in total. The van der Waals surface area contributed by atoms with Crippen LogP contribution in [0.2, 0.25) is 0 Å².